The number of carbonyl (C=O) groups is 1. The first-order chi connectivity index (χ1) is 8.61. The van der Waals surface area contributed by atoms with Gasteiger partial charge < -0.3 is 0 Å². The number of hydrogen-bond acceptors (Lipinski definition) is 2. The third-order valence-electron chi connectivity index (χ3n) is 2.61. The second-order valence-corrected chi connectivity index (χ2v) is 5.21. The first kappa shape index (κ1) is 13.3. The summed E-state index contributed by atoms with van der Waals surface area (Å²) in [7, 11) is 0. The third kappa shape index (κ3) is 2.82. The Hall–Kier alpha value is -1.13. The lowest BCUT2D eigenvalue weighted by molar-refractivity contribution is 0.0983. The molecule has 0 saturated heterocycles. The number of aryl methyl sites for hydroxylation is 1. The van der Waals surface area contributed by atoms with E-state index in [1.165, 1.54) is 6.20 Å². The van der Waals surface area contributed by atoms with Gasteiger partial charge in [-0.2, -0.15) is 5.10 Å². The van der Waals surface area contributed by atoms with Gasteiger partial charge in [0.15, 0.2) is 5.78 Å². The highest BCUT2D eigenvalue weighted by Crippen LogP contribution is 2.19. The van der Waals surface area contributed by atoms with Crippen molar-refractivity contribution in [3.63, 3.8) is 0 Å². The summed E-state index contributed by atoms with van der Waals surface area (Å²) in [4.78, 5) is 12.2. The summed E-state index contributed by atoms with van der Waals surface area (Å²) < 4.78 is 2.59. The van der Waals surface area contributed by atoms with Gasteiger partial charge in [-0.25, -0.2) is 0 Å². The summed E-state index contributed by atoms with van der Waals surface area (Å²) in [6, 6.07) is 7.68. The highest BCUT2D eigenvalue weighted by Gasteiger charge is 2.17. The molecule has 0 aliphatic rings. The monoisotopic (exact) mass is 326 g/mol. The number of halogens is 2. The van der Waals surface area contributed by atoms with Crippen LogP contribution in [0, 0.1) is 0 Å². The van der Waals surface area contributed by atoms with Crippen LogP contribution in [0.5, 0.6) is 0 Å². The summed E-state index contributed by atoms with van der Waals surface area (Å²) in [5, 5.41) is 4.48. The van der Waals surface area contributed by atoms with Crippen LogP contribution in [0.25, 0.3) is 0 Å². The quantitative estimate of drug-likeness (QED) is 0.802. The second kappa shape index (κ2) is 5.67. The summed E-state index contributed by atoms with van der Waals surface area (Å²) in [6.45, 7) is 2.56. The van der Waals surface area contributed by atoms with E-state index >= 15 is 0 Å². The van der Waals surface area contributed by atoms with Crippen LogP contribution in [0.3, 0.4) is 0 Å². The molecular weight excluding hydrogens is 316 g/mol. The number of nitrogens with zero attached hydrogens (tertiary/aromatic N) is 2. The van der Waals surface area contributed by atoms with Crippen LogP contribution >= 0.6 is 27.5 Å². The number of aromatic nitrogens is 2. The molecule has 0 bridgehead atoms. The van der Waals surface area contributed by atoms with Gasteiger partial charge >= 0.3 is 0 Å². The van der Waals surface area contributed by atoms with Crippen LogP contribution < -0.4 is 0 Å². The van der Waals surface area contributed by atoms with Gasteiger partial charge in [0.05, 0.1) is 11.2 Å². The van der Waals surface area contributed by atoms with Crippen molar-refractivity contribution >= 4 is 33.3 Å². The molecule has 5 heteroatoms. The summed E-state index contributed by atoms with van der Waals surface area (Å²) >= 11 is 9.39. The molecule has 3 nitrogen and oxygen atoms in total. The molecule has 0 aliphatic carbocycles. The van der Waals surface area contributed by atoms with Crippen molar-refractivity contribution in [2.45, 2.75) is 19.9 Å². The van der Waals surface area contributed by atoms with Gasteiger partial charge in [-0.3, -0.25) is 9.48 Å². The summed E-state index contributed by atoms with van der Waals surface area (Å²) in [5.74, 6) is -0.0162. The number of benzene rings is 1. The number of Topliss-reactive ketones (excluding diaryl/α,β-unsaturated/α-hetero) is 1. The van der Waals surface area contributed by atoms with E-state index in [0.29, 0.717) is 23.7 Å². The predicted octanol–water partition coefficient (Wildman–Crippen LogP) is 3.74. The van der Waals surface area contributed by atoms with Crippen LogP contribution in [0.2, 0.25) is 5.02 Å². The Kier molecular flexibility index (Phi) is 4.19. The van der Waals surface area contributed by atoms with Crippen LogP contribution in [0.1, 0.15) is 23.0 Å². The van der Waals surface area contributed by atoms with E-state index in [1.807, 2.05) is 31.2 Å². The van der Waals surface area contributed by atoms with E-state index in [9.17, 15) is 4.79 Å². The smallest absolute Gasteiger partial charge is 0.186 e. The highest BCUT2D eigenvalue weighted by atomic mass is 79.9. The van der Waals surface area contributed by atoms with Crippen LogP contribution in [0.4, 0.5) is 0 Å². The maximum atomic E-state index is 12.2. The second-order valence-electron chi connectivity index (χ2n) is 3.89. The SMILES string of the molecule is CCn1ncc(Cl)c1C(=O)Cc1cccc(Br)c1. The van der Waals surface area contributed by atoms with E-state index in [-0.39, 0.29) is 5.78 Å². The molecule has 2 rings (SSSR count). The zero-order valence-corrected chi connectivity index (χ0v) is 12.2. The van der Waals surface area contributed by atoms with Crippen molar-refractivity contribution in [2.75, 3.05) is 0 Å². The average molecular weight is 328 g/mol. The van der Waals surface area contributed by atoms with Crippen molar-refractivity contribution in [1.29, 1.82) is 0 Å². The Bertz CT molecular complexity index is 580. The van der Waals surface area contributed by atoms with Gasteiger partial charge in [0.2, 0.25) is 0 Å². The lowest BCUT2D eigenvalue weighted by Gasteiger charge is -2.05. The molecule has 0 aliphatic heterocycles. The average Bonchev–Trinajstić information content (AvgIpc) is 2.70. The van der Waals surface area contributed by atoms with Gasteiger partial charge in [-0.05, 0) is 24.6 Å². The molecule has 18 heavy (non-hydrogen) atoms. The van der Waals surface area contributed by atoms with Crippen LogP contribution in [0.15, 0.2) is 34.9 Å². The lowest BCUT2D eigenvalue weighted by Crippen LogP contribution is -2.12. The van der Waals surface area contributed by atoms with E-state index in [1.54, 1.807) is 4.68 Å². The van der Waals surface area contributed by atoms with E-state index in [2.05, 4.69) is 21.0 Å². The molecule has 0 unspecified atom stereocenters. The molecule has 0 fully saturated rings. The number of ketones is 1. The molecule has 1 heterocycles. The topological polar surface area (TPSA) is 34.9 Å². The minimum atomic E-state index is -0.0162. The first-order valence-electron chi connectivity index (χ1n) is 5.60. The van der Waals surface area contributed by atoms with E-state index in [0.717, 1.165) is 10.0 Å². The molecule has 1 aromatic carbocycles. The maximum Gasteiger partial charge on any atom is 0.186 e. The fourth-order valence-corrected chi connectivity index (χ4v) is 2.49. The van der Waals surface area contributed by atoms with E-state index < -0.39 is 0 Å². The molecule has 0 atom stereocenters. The fourth-order valence-electron chi connectivity index (χ4n) is 1.80. The lowest BCUT2D eigenvalue weighted by atomic mass is 10.1. The Morgan fingerprint density at radius 3 is 2.94 bits per heavy atom. The van der Waals surface area contributed by atoms with Crippen molar-refractivity contribution in [1.82, 2.24) is 9.78 Å². The minimum absolute atomic E-state index is 0.0162. The standard InChI is InChI=1S/C13H12BrClN2O/c1-2-17-13(11(15)8-16-17)12(18)7-9-4-3-5-10(14)6-9/h3-6,8H,2,7H2,1H3. The number of hydrogen-bond donors (Lipinski definition) is 0. The molecule has 0 radical (unpaired) electrons. The first-order valence-corrected chi connectivity index (χ1v) is 6.78. The minimum Gasteiger partial charge on any atom is -0.292 e. The number of rotatable bonds is 4. The molecule has 0 spiro atoms. The van der Waals surface area contributed by atoms with Gasteiger partial charge in [0.1, 0.15) is 5.69 Å². The zero-order chi connectivity index (χ0) is 13.1. The fraction of sp³-hybridized carbons (Fsp3) is 0.231. The maximum absolute atomic E-state index is 12.2. The van der Waals surface area contributed by atoms with Crippen LogP contribution in [-0.4, -0.2) is 15.6 Å². The Labute approximate surface area is 119 Å². The van der Waals surface area contributed by atoms with Crippen molar-refractivity contribution < 1.29 is 4.79 Å². The van der Waals surface area contributed by atoms with Gasteiger partial charge in [0, 0.05) is 17.4 Å². The molecular formula is C13H12BrClN2O. The molecule has 1 aromatic heterocycles. The van der Waals surface area contributed by atoms with Crippen molar-refractivity contribution in [3.8, 4) is 0 Å². The van der Waals surface area contributed by atoms with Crippen molar-refractivity contribution in [3.05, 3.63) is 51.2 Å². The largest absolute Gasteiger partial charge is 0.292 e. The molecule has 0 amide bonds. The predicted molar refractivity (Wildman–Crippen MR) is 75.1 cm³/mol. The molecule has 94 valence electrons. The normalized spacial score (nSPS) is 10.6. The van der Waals surface area contributed by atoms with Crippen LogP contribution in [-0.2, 0) is 13.0 Å². The Morgan fingerprint density at radius 1 is 1.50 bits per heavy atom. The van der Waals surface area contributed by atoms with Gasteiger partial charge in [-0.15, -0.1) is 0 Å². The summed E-state index contributed by atoms with van der Waals surface area (Å²) in [6.07, 6.45) is 1.84. The van der Waals surface area contributed by atoms with Gasteiger partial charge in [0.25, 0.3) is 0 Å². The third-order valence-corrected chi connectivity index (χ3v) is 3.38. The van der Waals surface area contributed by atoms with Crippen molar-refractivity contribution in [2.24, 2.45) is 0 Å². The summed E-state index contributed by atoms with van der Waals surface area (Å²) in [5.41, 5.74) is 1.44. The van der Waals surface area contributed by atoms with Gasteiger partial charge in [-0.1, -0.05) is 39.7 Å². The molecule has 2 aromatic rings. The molecule has 0 N–H and O–H groups in total. The highest BCUT2D eigenvalue weighted by molar-refractivity contribution is 9.10. The number of carbonyl (C=O) groups excluding carboxylic acids is 1. The zero-order valence-electron chi connectivity index (χ0n) is 9.86. The Balaban J connectivity index is 2.24. The Morgan fingerprint density at radius 2 is 2.28 bits per heavy atom. The molecule has 0 saturated carbocycles. The van der Waals surface area contributed by atoms with E-state index in [4.69, 9.17) is 11.6 Å².